The second-order valence-corrected chi connectivity index (χ2v) is 5.26. The first-order valence-corrected chi connectivity index (χ1v) is 7.09. The molecule has 3 rings (SSSR count). The van der Waals surface area contributed by atoms with Crippen molar-refractivity contribution < 1.29 is 15.3 Å². The SMILES string of the molecule is OCCC(O)C(O)c1c2ccccc2cc2ccccc12. The van der Waals surface area contributed by atoms with Gasteiger partial charge in [0.2, 0.25) is 0 Å². The quantitative estimate of drug-likeness (QED) is 0.645. The molecule has 2 unspecified atom stereocenters. The van der Waals surface area contributed by atoms with E-state index in [1.165, 1.54) is 0 Å². The third-order valence-electron chi connectivity index (χ3n) is 3.90. The van der Waals surface area contributed by atoms with Crippen LogP contribution in [0.25, 0.3) is 21.5 Å². The van der Waals surface area contributed by atoms with Crippen LogP contribution in [0.1, 0.15) is 18.1 Å². The largest absolute Gasteiger partial charge is 0.396 e. The van der Waals surface area contributed by atoms with E-state index in [-0.39, 0.29) is 13.0 Å². The first kappa shape index (κ1) is 14.0. The predicted molar refractivity (Wildman–Crippen MR) is 84.1 cm³/mol. The van der Waals surface area contributed by atoms with E-state index in [0.29, 0.717) is 0 Å². The molecule has 0 radical (unpaired) electrons. The summed E-state index contributed by atoms with van der Waals surface area (Å²) >= 11 is 0. The van der Waals surface area contributed by atoms with Gasteiger partial charge in [-0.05, 0) is 39.6 Å². The van der Waals surface area contributed by atoms with Gasteiger partial charge in [0.15, 0.2) is 0 Å². The molecule has 0 aliphatic rings. The van der Waals surface area contributed by atoms with E-state index in [1.807, 2.05) is 48.5 Å². The lowest BCUT2D eigenvalue weighted by Crippen LogP contribution is -2.20. The van der Waals surface area contributed by atoms with Crippen molar-refractivity contribution in [1.82, 2.24) is 0 Å². The topological polar surface area (TPSA) is 60.7 Å². The molecule has 3 N–H and O–H groups in total. The van der Waals surface area contributed by atoms with Crippen molar-refractivity contribution in [2.24, 2.45) is 0 Å². The third-order valence-corrected chi connectivity index (χ3v) is 3.90. The fraction of sp³-hybridized carbons (Fsp3) is 0.222. The minimum Gasteiger partial charge on any atom is -0.396 e. The highest BCUT2D eigenvalue weighted by Crippen LogP contribution is 2.34. The Morgan fingerprint density at radius 3 is 1.86 bits per heavy atom. The standard InChI is InChI=1S/C18H18O3/c19-10-9-16(20)18(21)17-14-7-3-1-5-12(14)11-13-6-2-4-8-15(13)17/h1-8,11,16,18-21H,9-10H2. The van der Waals surface area contributed by atoms with Crippen molar-refractivity contribution >= 4 is 21.5 Å². The molecule has 0 saturated carbocycles. The van der Waals surface area contributed by atoms with Crippen LogP contribution in [0.5, 0.6) is 0 Å². The van der Waals surface area contributed by atoms with E-state index in [9.17, 15) is 10.2 Å². The lowest BCUT2D eigenvalue weighted by Gasteiger charge is -2.21. The summed E-state index contributed by atoms with van der Waals surface area (Å²) < 4.78 is 0. The van der Waals surface area contributed by atoms with Gasteiger partial charge < -0.3 is 15.3 Å². The Kier molecular flexibility index (Phi) is 3.88. The number of hydrogen-bond donors (Lipinski definition) is 3. The summed E-state index contributed by atoms with van der Waals surface area (Å²) in [6, 6.07) is 17.7. The van der Waals surface area contributed by atoms with Crippen LogP contribution in [0, 0.1) is 0 Å². The zero-order valence-electron chi connectivity index (χ0n) is 11.6. The Hall–Kier alpha value is -1.94. The van der Waals surface area contributed by atoms with Crippen LogP contribution in [0.15, 0.2) is 54.6 Å². The average molecular weight is 282 g/mol. The molecule has 0 fully saturated rings. The van der Waals surface area contributed by atoms with Gasteiger partial charge in [-0.25, -0.2) is 0 Å². The monoisotopic (exact) mass is 282 g/mol. The zero-order chi connectivity index (χ0) is 14.8. The molecular weight excluding hydrogens is 264 g/mol. The van der Waals surface area contributed by atoms with Crippen LogP contribution in [0.3, 0.4) is 0 Å². The highest BCUT2D eigenvalue weighted by atomic mass is 16.3. The second kappa shape index (κ2) is 5.82. The molecule has 108 valence electrons. The van der Waals surface area contributed by atoms with Crippen molar-refractivity contribution in [3.8, 4) is 0 Å². The summed E-state index contributed by atoms with van der Waals surface area (Å²) in [4.78, 5) is 0. The van der Waals surface area contributed by atoms with Gasteiger partial charge in [-0.15, -0.1) is 0 Å². The van der Waals surface area contributed by atoms with E-state index in [1.54, 1.807) is 0 Å². The lowest BCUT2D eigenvalue weighted by atomic mass is 9.91. The maximum atomic E-state index is 10.6. The fourth-order valence-electron chi connectivity index (χ4n) is 2.85. The van der Waals surface area contributed by atoms with Crippen molar-refractivity contribution in [2.75, 3.05) is 6.61 Å². The minimum atomic E-state index is -1.02. The van der Waals surface area contributed by atoms with Crippen LogP contribution in [-0.4, -0.2) is 28.0 Å². The van der Waals surface area contributed by atoms with Gasteiger partial charge in [-0.1, -0.05) is 48.5 Å². The Balaban J connectivity index is 2.29. The van der Waals surface area contributed by atoms with Crippen molar-refractivity contribution in [2.45, 2.75) is 18.6 Å². The highest BCUT2D eigenvalue weighted by molar-refractivity contribution is 6.02. The molecule has 0 heterocycles. The van der Waals surface area contributed by atoms with Gasteiger partial charge >= 0.3 is 0 Å². The second-order valence-electron chi connectivity index (χ2n) is 5.26. The molecule has 2 atom stereocenters. The molecule has 0 saturated heterocycles. The molecule has 0 amide bonds. The lowest BCUT2D eigenvalue weighted by molar-refractivity contribution is 0.00576. The van der Waals surface area contributed by atoms with E-state index >= 15 is 0 Å². The molecule has 21 heavy (non-hydrogen) atoms. The maximum absolute atomic E-state index is 10.6. The van der Waals surface area contributed by atoms with Crippen LogP contribution < -0.4 is 0 Å². The third kappa shape index (κ3) is 2.51. The summed E-state index contributed by atoms with van der Waals surface area (Å²) in [6.07, 6.45) is -1.85. The van der Waals surface area contributed by atoms with E-state index in [0.717, 1.165) is 27.1 Å². The van der Waals surface area contributed by atoms with E-state index in [4.69, 9.17) is 5.11 Å². The van der Waals surface area contributed by atoms with Crippen LogP contribution in [0.2, 0.25) is 0 Å². The number of aliphatic hydroxyl groups excluding tert-OH is 3. The van der Waals surface area contributed by atoms with Crippen LogP contribution in [-0.2, 0) is 0 Å². The maximum Gasteiger partial charge on any atom is 0.106 e. The van der Waals surface area contributed by atoms with Gasteiger partial charge in [-0.3, -0.25) is 0 Å². The van der Waals surface area contributed by atoms with Gasteiger partial charge in [0, 0.05) is 6.61 Å². The Labute approximate surface area is 123 Å². The Morgan fingerprint density at radius 1 is 0.810 bits per heavy atom. The summed E-state index contributed by atoms with van der Waals surface area (Å²) in [5.74, 6) is 0. The summed E-state index contributed by atoms with van der Waals surface area (Å²) in [6.45, 7) is -0.152. The summed E-state index contributed by atoms with van der Waals surface area (Å²) in [5.41, 5.74) is 0.727. The number of aliphatic hydroxyl groups is 3. The minimum absolute atomic E-state index is 0.152. The highest BCUT2D eigenvalue weighted by Gasteiger charge is 2.22. The van der Waals surface area contributed by atoms with Crippen molar-refractivity contribution in [3.63, 3.8) is 0 Å². The molecule has 0 aromatic heterocycles. The van der Waals surface area contributed by atoms with Crippen molar-refractivity contribution in [3.05, 3.63) is 60.2 Å². The van der Waals surface area contributed by atoms with Crippen LogP contribution >= 0.6 is 0 Å². The predicted octanol–water partition coefficient (Wildman–Crippen LogP) is 2.77. The normalized spacial score (nSPS) is 14.4. The molecule has 0 aliphatic carbocycles. The zero-order valence-corrected chi connectivity index (χ0v) is 11.6. The molecule has 0 bridgehead atoms. The smallest absolute Gasteiger partial charge is 0.106 e. The van der Waals surface area contributed by atoms with Gasteiger partial charge in [-0.2, -0.15) is 0 Å². The number of hydrogen-bond acceptors (Lipinski definition) is 3. The molecule has 3 aromatic carbocycles. The van der Waals surface area contributed by atoms with Crippen LogP contribution in [0.4, 0.5) is 0 Å². The molecule has 3 heteroatoms. The molecule has 0 aliphatic heterocycles. The first-order chi connectivity index (χ1) is 10.2. The molecule has 3 nitrogen and oxygen atoms in total. The fourth-order valence-corrected chi connectivity index (χ4v) is 2.85. The molecule has 0 spiro atoms. The van der Waals surface area contributed by atoms with Gasteiger partial charge in [0.05, 0.1) is 6.10 Å². The number of benzene rings is 3. The van der Waals surface area contributed by atoms with E-state index in [2.05, 4.69) is 6.07 Å². The Morgan fingerprint density at radius 2 is 1.33 bits per heavy atom. The summed E-state index contributed by atoms with van der Waals surface area (Å²) in [5, 5.41) is 33.5. The van der Waals surface area contributed by atoms with Gasteiger partial charge in [0.25, 0.3) is 0 Å². The first-order valence-electron chi connectivity index (χ1n) is 7.09. The average Bonchev–Trinajstić information content (AvgIpc) is 2.52. The summed E-state index contributed by atoms with van der Waals surface area (Å²) in [7, 11) is 0. The Bertz CT molecular complexity index is 713. The van der Waals surface area contributed by atoms with Gasteiger partial charge in [0.1, 0.15) is 6.10 Å². The van der Waals surface area contributed by atoms with Crippen molar-refractivity contribution in [1.29, 1.82) is 0 Å². The van der Waals surface area contributed by atoms with E-state index < -0.39 is 12.2 Å². The molecule has 3 aromatic rings. The number of rotatable bonds is 4. The molecular formula is C18H18O3. The number of fused-ring (bicyclic) bond motifs is 2.